The smallest absolute Gasteiger partial charge is 0.146 e. The number of hydrogen-bond donors (Lipinski definition) is 1. The fraction of sp³-hybridized carbons (Fsp3) is 0.429. The van der Waals surface area contributed by atoms with E-state index in [9.17, 15) is 4.39 Å². The number of aromatic nitrogens is 2. The fourth-order valence-corrected chi connectivity index (χ4v) is 2.81. The quantitative estimate of drug-likeness (QED) is 0.938. The molecule has 0 aliphatic rings. The third kappa shape index (κ3) is 3.36. The molecule has 0 radical (unpaired) electrons. The topological polar surface area (TPSA) is 51.8 Å². The summed E-state index contributed by atoms with van der Waals surface area (Å²) in [5.74, 6) is -0.359. The summed E-state index contributed by atoms with van der Waals surface area (Å²) in [5, 5.41) is 2.99. The minimum Gasteiger partial charge on any atom is -0.324 e. The van der Waals surface area contributed by atoms with Crippen LogP contribution in [0, 0.1) is 5.82 Å². The van der Waals surface area contributed by atoms with Gasteiger partial charge in [0.05, 0.1) is 16.9 Å². The molecule has 2 heterocycles. The van der Waals surface area contributed by atoms with E-state index in [-0.39, 0.29) is 17.3 Å². The predicted octanol–water partition coefficient (Wildman–Crippen LogP) is 3.22. The van der Waals surface area contributed by atoms with Gasteiger partial charge in [-0.05, 0) is 6.07 Å². The zero-order chi connectivity index (χ0) is 14.0. The molecule has 5 heteroatoms. The summed E-state index contributed by atoms with van der Waals surface area (Å²) < 4.78 is 13.6. The highest BCUT2D eigenvalue weighted by atomic mass is 32.1. The largest absolute Gasteiger partial charge is 0.324 e. The van der Waals surface area contributed by atoms with Crippen LogP contribution >= 0.6 is 11.3 Å². The van der Waals surface area contributed by atoms with E-state index >= 15 is 0 Å². The molecule has 19 heavy (non-hydrogen) atoms. The van der Waals surface area contributed by atoms with Gasteiger partial charge in [-0.2, -0.15) is 0 Å². The van der Waals surface area contributed by atoms with Gasteiger partial charge in [0.15, 0.2) is 0 Å². The minimum atomic E-state index is -0.387. The number of pyridine rings is 1. The molecule has 0 bridgehead atoms. The van der Waals surface area contributed by atoms with E-state index < -0.39 is 0 Å². The minimum absolute atomic E-state index is 0.0285. The summed E-state index contributed by atoms with van der Waals surface area (Å²) in [7, 11) is 0. The van der Waals surface area contributed by atoms with Crippen LogP contribution in [0.4, 0.5) is 4.39 Å². The van der Waals surface area contributed by atoms with Gasteiger partial charge >= 0.3 is 0 Å². The van der Waals surface area contributed by atoms with Gasteiger partial charge in [-0.1, -0.05) is 20.8 Å². The van der Waals surface area contributed by atoms with E-state index in [1.807, 2.05) is 5.38 Å². The summed E-state index contributed by atoms with van der Waals surface area (Å²) >= 11 is 1.58. The Hall–Kier alpha value is -1.33. The molecule has 2 aromatic heterocycles. The molecule has 0 aliphatic carbocycles. The second-order valence-corrected chi connectivity index (χ2v) is 6.53. The van der Waals surface area contributed by atoms with Crippen molar-refractivity contribution >= 4 is 11.3 Å². The third-order valence-corrected chi connectivity index (χ3v) is 3.79. The Kier molecular flexibility index (Phi) is 3.96. The van der Waals surface area contributed by atoms with Crippen molar-refractivity contribution in [3.05, 3.63) is 45.9 Å². The zero-order valence-electron chi connectivity index (χ0n) is 11.4. The van der Waals surface area contributed by atoms with Gasteiger partial charge in [0.25, 0.3) is 0 Å². The van der Waals surface area contributed by atoms with Crippen molar-refractivity contribution in [3.8, 4) is 0 Å². The summed E-state index contributed by atoms with van der Waals surface area (Å²) in [6.07, 6.45) is 3.29. The van der Waals surface area contributed by atoms with Crippen LogP contribution in [-0.2, 0) is 11.8 Å². The van der Waals surface area contributed by atoms with E-state index in [2.05, 4.69) is 30.7 Å². The van der Waals surface area contributed by atoms with Crippen LogP contribution in [0.5, 0.6) is 0 Å². The van der Waals surface area contributed by atoms with Crippen LogP contribution in [0.1, 0.15) is 43.1 Å². The van der Waals surface area contributed by atoms with E-state index in [0.29, 0.717) is 12.0 Å². The normalized spacial score (nSPS) is 13.5. The SMILES string of the molecule is CC(C)(C)c1csc(CC(N)c2ccncc2F)n1. The molecule has 0 spiro atoms. The van der Waals surface area contributed by atoms with Crippen LogP contribution in [0.2, 0.25) is 0 Å². The molecule has 1 unspecified atom stereocenters. The lowest BCUT2D eigenvalue weighted by Crippen LogP contribution is -2.16. The standard InChI is InChI=1S/C14H18FN3S/c1-14(2,3)12-8-19-13(18-12)6-11(16)9-4-5-17-7-10(9)15/h4-5,7-8,11H,6,16H2,1-3H3. The van der Waals surface area contributed by atoms with Crippen LogP contribution < -0.4 is 5.73 Å². The van der Waals surface area contributed by atoms with Gasteiger partial charge < -0.3 is 5.73 Å². The lowest BCUT2D eigenvalue weighted by molar-refractivity contribution is 0.561. The molecule has 2 N–H and O–H groups in total. The van der Waals surface area contributed by atoms with Crippen LogP contribution in [-0.4, -0.2) is 9.97 Å². The van der Waals surface area contributed by atoms with E-state index in [4.69, 9.17) is 5.73 Å². The zero-order valence-corrected chi connectivity index (χ0v) is 12.2. The van der Waals surface area contributed by atoms with Gasteiger partial charge in [-0.3, -0.25) is 4.98 Å². The fourth-order valence-electron chi connectivity index (χ4n) is 1.73. The number of hydrogen-bond acceptors (Lipinski definition) is 4. The van der Waals surface area contributed by atoms with Gasteiger partial charge in [0.2, 0.25) is 0 Å². The van der Waals surface area contributed by atoms with Crippen molar-refractivity contribution in [2.24, 2.45) is 5.73 Å². The van der Waals surface area contributed by atoms with Crippen molar-refractivity contribution in [3.63, 3.8) is 0 Å². The first kappa shape index (κ1) is 14.1. The van der Waals surface area contributed by atoms with E-state index in [1.54, 1.807) is 23.6 Å². The van der Waals surface area contributed by atoms with Gasteiger partial charge in [-0.15, -0.1) is 11.3 Å². The maximum absolute atomic E-state index is 13.6. The maximum atomic E-state index is 13.6. The Morgan fingerprint density at radius 2 is 2.16 bits per heavy atom. The van der Waals surface area contributed by atoms with Crippen molar-refractivity contribution in [2.75, 3.05) is 0 Å². The molecular weight excluding hydrogens is 261 g/mol. The van der Waals surface area contributed by atoms with Gasteiger partial charge in [0.1, 0.15) is 5.82 Å². The summed E-state index contributed by atoms with van der Waals surface area (Å²) in [4.78, 5) is 8.30. The van der Waals surface area contributed by atoms with Crippen molar-refractivity contribution < 1.29 is 4.39 Å². The number of halogens is 1. The van der Waals surface area contributed by atoms with Crippen LogP contribution in [0.3, 0.4) is 0 Å². The summed E-state index contributed by atoms with van der Waals surface area (Å²) in [5.41, 5.74) is 7.61. The van der Waals surface area contributed by atoms with Crippen LogP contribution in [0.25, 0.3) is 0 Å². The van der Waals surface area contributed by atoms with Crippen molar-refractivity contribution in [2.45, 2.75) is 38.6 Å². The first-order chi connectivity index (χ1) is 8.88. The Labute approximate surface area is 116 Å². The Morgan fingerprint density at radius 3 is 2.74 bits per heavy atom. The third-order valence-electron chi connectivity index (χ3n) is 2.92. The number of thiazole rings is 1. The molecule has 0 saturated carbocycles. The molecule has 0 saturated heterocycles. The molecule has 2 rings (SSSR count). The number of rotatable bonds is 3. The van der Waals surface area contributed by atoms with Crippen LogP contribution in [0.15, 0.2) is 23.8 Å². The number of nitrogens with two attached hydrogens (primary N) is 1. The lowest BCUT2D eigenvalue weighted by atomic mass is 9.93. The van der Waals surface area contributed by atoms with Gasteiger partial charge in [-0.25, -0.2) is 9.37 Å². The second kappa shape index (κ2) is 5.35. The van der Waals surface area contributed by atoms with Gasteiger partial charge in [0, 0.05) is 35.0 Å². The average molecular weight is 279 g/mol. The highest BCUT2D eigenvalue weighted by molar-refractivity contribution is 7.09. The Balaban J connectivity index is 2.14. The summed E-state index contributed by atoms with van der Waals surface area (Å²) in [6.45, 7) is 6.36. The summed E-state index contributed by atoms with van der Waals surface area (Å²) in [6, 6.07) is 1.24. The highest BCUT2D eigenvalue weighted by Gasteiger charge is 2.19. The Morgan fingerprint density at radius 1 is 1.42 bits per heavy atom. The Bertz CT molecular complexity index is 560. The molecule has 1 atom stereocenters. The molecule has 0 aliphatic heterocycles. The van der Waals surface area contributed by atoms with E-state index in [0.717, 1.165) is 10.7 Å². The molecule has 3 nitrogen and oxygen atoms in total. The molecule has 2 aromatic rings. The van der Waals surface area contributed by atoms with Crippen molar-refractivity contribution in [1.29, 1.82) is 0 Å². The molecule has 102 valence electrons. The monoisotopic (exact) mass is 279 g/mol. The molecule has 0 fully saturated rings. The van der Waals surface area contributed by atoms with E-state index in [1.165, 1.54) is 6.20 Å². The van der Waals surface area contributed by atoms with Crippen molar-refractivity contribution in [1.82, 2.24) is 9.97 Å². The molecular formula is C14H18FN3S. The lowest BCUT2D eigenvalue weighted by Gasteiger charge is -2.14. The molecule has 0 amide bonds. The maximum Gasteiger partial charge on any atom is 0.146 e. The first-order valence-electron chi connectivity index (χ1n) is 6.18. The average Bonchev–Trinajstić information content (AvgIpc) is 2.77. The predicted molar refractivity (Wildman–Crippen MR) is 75.6 cm³/mol. The molecule has 0 aromatic carbocycles. The first-order valence-corrected chi connectivity index (χ1v) is 7.06. The number of nitrogens with zero attached hydrogens (tertiary/aromatic N) is 2. The second-order valence-electron chi connectivity index (χ2n) is 5.58. The highest BCUT2D eigenvalue weighted by Crippen LogP contribution is 2.26.